The highest BCUT2D eigenvalue weighted by molar-refractivity contribution is 5.92. The Labute approximate surface area is 127 Å². The van der Waals surface area contributed by atoms with Crippen molar-refractivity contribution in [3.05, 3.63) is 35.9 Å². The molecule has 2 rings (SSSR count). The Morgan fingerprint density at radius 3 is 2.64 bits per heavy atom. The second-order valence-corrected chi connectivity index (χ2v) is 4.90. The first-order chi connectivity index (χ1) is 10.5. The molecule has 2 N–H and O–H groups in total. The van der Waals surface area contributed by atoms with E-state index in [9.17, 15) is 9.59 Å². The van der Waals surface area contributed by atoms with E-state index < -0.39 is 5.97 Å². The zero-order valence-corrected chi connectivity index (χ0v) is 12.6. The van der Waals surface area contributed by atoms with Crippen LogP contribution in [0.4, 0.5) is 0 Å². The minimum atomic E-state index is -0.901. The van der Waals surface area contributed by atoms with Gasteiger partial charge in [-0.3, -0.25) is 19.0 Å². The van der Waals surface area contributed by atoms with Crippen LogP contribution in [0.5, 0.6) is 0 Å². The van der Waals surface area contributed by atoms with Gasteiger partial charge in [0.05, 0.1) is 24.7 Å². The molecule has 22 heavy (non-hydrogen) atoms. The molecule has 0 aliphatic rings. The van der Waals surface area contributed by atoms with Crippen molar-refractivity contribution in [2.45, 2.75) is 39.4 Å². The number of carboxylic acids is 1. The maximum absolute atomic E-state index is 12.1. The normalized spacial score (nSPS) is 12.1. The van der Waals surface area contributed by atoms with Gasteiger partial charge in [0.25, 0.3) is 5.91 Å². The summed E-state index contributed by atoms with van der Waals surface area (Å²) in [6.45, 7) is 4.85. The number of carboxylic acid groups (broad SMARTS) is 1. The zero-order chi connectivity index (χ0) is 16.1. The fourth-order valence-corrected chi connectivity index (χ4v) is 1.95. The highest BCUT2D eigenvalue weighted by atomic mass is 16.4. The van der Waals surface area contributed by atoms with Crippen LogP contribution >= 0.6 is 0 Å². The van der Waals surface area contributed by atoms with Crippen molar-refractivity contribution < 1.29 is 14.7 Å². The van der Waals surface area contributed by atoms with Gasteiger partial charge in [-0.2, -0.15) is 10.2 Å². The molecule has 2 heterocycles. The molecule has 0 aliphatic carbocycles. The highest BCUT2D eigenvalue weighted by Crippen LogP contribution is 2.10. The first-order valence-electron chi connectivity index (χ1n) is 7.09. The molecule has 118 valence electrons. The van der Waals surface area contributed by atoms with Gasteiger partial charge in [-0.05, 0) is 26.0 Å². The molecule has 1 amide bonds. The van der Waals surface area contributed by atoms with Gasteiger partial charge >= 0.3 is 5.97 Å². The lowest BCUT2D eigenvalue weighted by molar-refractivity contribution is -0.137. The summed E-state index contributed by atoms with van der Waals surface area (Å²) in [6.07, 6.45) is 3.42. The first kappa shape index (κ1) is 15.7. The van der Waals surface area contributed by atoms with Crippen molar-refractivity contribution in [3.63, 3.8) is 0 Å². The van der Waals surface area contributed by atoms with E-state index in [0.717, 1.165) is 12.2 Å². The summed E-state index contributed by atoms with van der Waals surface area (Å²) < 4.78 is 3.23. The summed E-state index contributed by atoms with van der Waals surface area (Å²) in [5.41, 5.74) is 1.03. The molecule has 0 saturated carbocycles. The number of amides is 1. The number of rotatable bonds is 7. The molecular weight excluding hydrogens is 286 g/mol. The Morgan fingerprint density at radius 2 is 2.00 bits per heavy atom. The number of carbonyl (C=O) groups is 2. The van der Waals surface area contributed by atoms with E-state index in [1.807, 2.05) is 26.1 Å². The number of nitrogens with one attached hydrogen (secondary N) is 1. The van der Waals surface area contributed by atoms with E-state index >= 15 is 0 Å². The molecule has 0 saturated heterocycles. The molecule has 0 aromatic carbocycles. The minimum Gasteiger partial charge on any atom is -0.481 e. The maximum Gasteiger partial charge on any atom is 0.305 e. The summed E-state index contributed by atoms with van der Waals surface area (Å²) in [5, 5.41) is 19.9. The Balaban J connectivity index is 1.95. The fraction of sp³-hybridized carbons (Fsp3) is 0.429. The molecule has 0 radical (unpaired) electrons. The Bertz CT molecular complexity index is 661. The molecule has 2 aromatic rings. The van der Waals surface area contributed by atoms with Gasteiger partial charge in [0.15, 0.2) is 0 Å². The molecular formula is C14H19N5O3. The summed E-state index contributed by atoms with van der Waals surface area (Å²) in [4.78, 5) is 22.6. The maximum atomic E-state index is 12.1. The molecule has 0 aliphatic heterocycles. The molecule has 0 fully saturated rings. The fourth-order valence-electron chi connectivity index (χ4n) is 1.95. The van der Waals surface area contributed by atoms with Crippen LogP contribution in [0.1, 0.15) is 42.5 Å². The third kappa shape index (κ3) is 3.94. The monoisotopic (exact) mass is 305 g/mol. The first-order valence-corrected chi connectivity index (χ1v) is 7.09. The summed E-state index contributed by atoms with van der Waals surface area (Å²) >= 11 is 0. The highest BCUT2D eigenvalue weighted by Gasteiger charge is 2.15. The molecule has 1 atom stereocenters. The summed E-state index contributed by atoms with van der Waals surface area (Å²) in [5.74, 6) is -1.21. The number of nitrogens with zero attached hydrogens (tertiary/aromatic N) is 4. The lowest BCUT2D eigenvalue weighted by Gasteiger charge is -2.10. The van der Waals surface area contributed by atoms with Gasteiger partial charge in [-0.15, -0.1) is 0 Å². The zero-order valence-electron chi connectivity index (χ0n) is 12.6. The van der Waals surface area contributed by atoms with Crippen molar-refractivity contribution in [3.8, 4) is 0 Å². The SMILES string of the molecule is CCn1ccc(C(C)NC(=O)c2ccn(CCC(=O)O)n2)n1. The van der Waals surface area contributed by atoms with Crippen molar-refractivity contribution in [1.29, 1.82) is 0 Å². The van der Waals surface area contributed by atoms with E-state index in [2.05, 4.69) is 15.5 Å². The average Bonchev–Trinajstić information content (AvgIpc) is 3.14. The van der Waals surface area contributed by atoms with E-state index in [4.69, 9.17) is 5.11 Å². The van der Waals surface area contributed by atoms with E-state index in [1.165, 1.54) is 4.68 Å². The van der Waals surface area contributed by atoms with Crippen LogP contribution in [0.15, 0.2) is 24.5 Å². The van der Waals surface area contributed by atoms with Crippen molar-refractivity contribution in [1.82, 2.24) is 24.9 Å². The van der Waals surface area contributed by atoms with Gasteiger partial charge in [0, 0.05) is 18.9 Å². The van der Waals surface area contributed by atoms with Crippen LogP contribution in [0, 0.1) is 0 Å². The molecule has 0 bridgehead atoms. The second-order valence-electron chi connectivity index (χ2n) is 4.90. The van der Waals surface area contributed by atoms with Crippen LogP contribution in [0.2, 0.25) is 0 Å². The predicted molar refractivity (Wildman–Crippen MR) is 78.3 cm³/mol. The third-order valence-corrected chi connectivity index (χ3v) is 3.20. The Hall–Kier alpha value is -2.64. The third-order valence-electron chi connectivity index (χ3n) is 3.20. The molecule has 1 unspecified atom stereocenters. The van der Waals surface area contributed by atoms with Gasteiger partial charge in [-0.1, -0.05) is 0 Å². The number of hydrogen-bond acceptors (Lipinski definition) is 4. The average molecular weight is 305 g/mol. The molecule has 0 spiro atoms. The Morgan fingerprint density at radius 1 is 1.27 bits per heavy atom. The topological polar surface area (TPSA) is 102 Å². The minimum absolute atomic E-state index is 0.0341. The lowest BCUT2D eigenvalue weighted by Crippen LogP contribution is -2.27. The number of aliphatic carboxylic acids is 1. The molecule has 8 nitrogen and oxygen atoms in total. The van der Waals surface area contributed by atoms with Crippen LogP contribution in [0.25, 0.3) is 0 Å². The second kappa shape index (κ2) is 6.88. The summed E-state index contributed by atoms with van der Waals surface area (Å²) in [7, 11) is 0. The number of aromatic nitrogens is 4. The van der Waals surface area contributed by atoms with E-state index in [0.29, 0.717) is 0 Å². The van der Waals surface area contributed by atoms with Crippen molar-refractivity contribution in [2.75, 3.05) is 0 Å². The Kier molecular flexibility index (Phi) is 4.92. The molecule has 8 heteroatoms. The van der Waals surface area contributed by atoms with Crippen LogP contribution in [-0.4, -0.2) is 36.5 Å². The van der Waals surface area contributed by atoms with Crippen LogP contribution in [-0.2, 0) is 17.9 Å². The lowest BCUT2D eigenvalue weighted by atomic mass is 10.2. The van der Waals surface area contributed by atoms with Gasteiger partial charge in [0.1, 0.15) is 5.69 Å². The van der Waals surface area contributed by atoms with Crippen molar-refractivity contribution >= 4 is 11.9 Å². The largest absolute Gasteiger partial charge is 0.481 e. The standard InChI is InChI=1S/C14H19N5O3/c1-3-18-7-4-11(16-18)10(2)15-14(22)12-5-8-19(17-12)9-6-13(20)21/h4-5,7-8,10H,3,6,9H2,1-2H3,(H,15,22)(H,20,21). The van der Waals surface area contributed by atoms with Crippen molar-refractivity contribution in [2.24, 2.45) is 0 Å². The number of hydrogen-bond donors (Lipinski definition) is 2. The van der Waals surface area contributed by atoms with Gasteiger partial charge < -0.3 is 10.4 Å². The van der Waals surface area contributed by atoms with Gasteiger partial charge in [-0.25, -0.2) is 0 Å². The van der Waals surface area contributed by atoms with E-state index in [1.54, 1.807) is 16.9 Å². The smallest absolute Gasteiger partial charge is 0.305 e. The van der Waals surface area contributed by atoms with Gasteiger partial charge in [0.2, 0.25) is 0 Å². The molecule has 2 aromatic heterocycles. The quantitative estimate of drug-likeness (QED) is 0.796. The number of carbonyl (C=O) groups excluding carboxylic acids is 1. The van der Waals surface area contributed by atoms with Crippen LogP contribution < -0.4 is 5.32 Å². The van der Waals surface area contributed by atoms with Crippen LogP contribution in [0.3, 0.4) is 0 Å². The summed E-state index contributed by atoms with van der Waals surface area (Å²) in [6, 6.07) is 3.19. The number of aryl methyl sites for hydroxylation is 2. The predicted octanol–water partition coefficient (Wildman–Crippen LogP) is 1.07. The van der Waals surface area contributed by atoms with E-state index in [-0.39, 0.29) is 30.6 Å².